The van der Waals surface area contributed by atoms with Gasteiger partial charge >= 0.3 is 17.9 Å². The Morgan fingerprint density at radius 3 is 1.27 bits per heavy atom. The fraction of sp³-hybridized carbons (Fsp3) is 0.714. The van der Waals surface area contributed by atoms with Gasteiger partial charge in [-0.15, -0.1) is 12.4 Å². The van der Waals surface area contributed by atoms with Gasteiger partial charge < -0.3 is 34.7 Å². The van der Waals surface area contributed by atoms with Crippen molar-refractivity contribution in [2.24, 2.45) is 41.2 Å². The number of nitrogens with two attached hydrogens (primary N) is 1. The topological polar surface area (TPSA) is 198 Å². The number of ether oxygens (including phenoxy) is 3. The summed E-state index contributed by atoms with van der Waals surface area (Å²) in [6, 6.07) is 21.4. The second-order valence-corrected chi connectivity index (χ2v) is 26.3. The Balaban J connectivity index is -0.000000194. The number of carbonyl (C=O) groups excluding carboxylic acids is 5. The Bertz CT molecular complexity index is 2220. The first-order valence-electron chi connectivity index (χ1n) is 38.7. The van der Waals surface area contributed by atoms with Crippen molar-refractivity contribution in [3.63, 3.8) is 0 Å². The lowest BCUT2D eigenvalue weighted by Gasteiger charge is -2.16. The number of aromatic nitrogens is 4. The molecule has 0 saturated heterocycles. The molecule has 10 unspecified atom stereocenters. The van der Waals surface area contributed by atoms with Gasteiger partial charge in [0.05, 0.1) is 43.9 Å². The zero-order chi connectivity index (χ0) is 76.8. The Morgan fingerprint density at radius 2 is 0.920 bits per heavy atom. The van der Waals surface area contributed by atoms with Crippen molar-refractivity contribution in [2.75, 3.05) is 47.0 Å². The standard InChI is InChI=1S/C13H26O2.C10H22N2O.C10H14.2C9H13N.2C9H18O2.C7H12N2.C5H11NO.C3H8.ClH/c1-5-8-9-12(7-3)10-15-13(14)11(4)6-2;1-5-9(2)10(13)11-7-6-8-12(3)4;1-3-9(2)10-7-5-4-6-8-10;1-3-8(2)9-4-6-10-7-5-9;1-3-8(2)9-6-4-5-7-10-9;2*1-4-6-7-11-9(10)8(3)5-2;1-3-7(2)9-5-4-8-6-9;1-3-4(2)5(6)7;1-3-2;/h11-12H,5-10H2,1-4H3;9H,5-8H2,1-4H3,(H,11,13);4-9H,3H2,1-2H3;2*4-8H,3H2,1-2H3;2*8H,4-7H2,1-3H3;4-7H,3H2,1-2H3;4H,3H2,1-2H3,(H2,6,7);3H2,1-2H3;1H. The third-order valence-electron chi connectivity index (χ3n) is 17.1. The van der Waals surface area contributed by atoms with Crippen molar-refractivity contribution < 1.29 is 38.2 Å². The minimum Gasteiger partial charge on any atom is -0.465 e. The van der Waals surface area contributed by atoms with Crippen LogP contribution in [-0.4, -0.2) is 101 Å². The zero-order valence-electron chi connectivity index (χ0n) is 69.0. The van der Waals surface area contributed by atoms with Crippen molar-refractivity contribution in [1.29, 1.82) is 0 Å². The third-order valence-corrected chi connectivity index (χ3v) is 17.1. The Hall–Kier alpha value is -5.67. The molecule has 10 atom stereocenters. The molecule has 3 heterocycles. The molecule has 0 radical (unpaired) electrons. The first-order valence-corrected chi connectivity index (χ1v) is 38.7. The van der Waals surface area contributed by atoms with Gasteiger partial charge in [0.1, 0.15) is 0 Å². The highest BCUT2D eigenvalue weighted by Crippen LogP contribution is 2.19. The number of imidazole rings is 1. The molecule has 0 aliphatic rings. The van der Waals surface area contributed by atoms with Crippen LogP contribution in [0, 0.1) is 35.5 Å². The van der Waals surface area contributed by atoms with E-state index in [4.69, 9.17) is 19.9 Å². The normalized spacial score (nSPS) is 12.9. The molecular weight excluding hydrogens is 1270 g/mol. The predicted molar refractivity (Wildman–Crippen MR) is 430 cm³/mol. The lowest BCUT2D eigenvalue weighted by molar-refractivity contribution is -0.150. The van der Waals surface area contributed by atoms with Gasteiger partial charge in [0.25, 0.3) is 0 Å². The Morgan fingerprint density at radius 1 is 0.480 bits per heavy atom. The summed E-state index contributed by atoms with van der Waals surface area (Å²) >= 11 is 0. The fourth-order valence-corrected chi connectivity index (χ4v) is 7.39. The van der Waals surface area contributed by atoms with Crippen molar-refractivity contribution >= 4 is 42.1 Å². The van der Waals surface area contributed by atoms with E-state index in [-0.39, 0.29) is 71.7 Å². The zero-order valence-corrected chi connectivity index (χ0v) is 69.8. The van der Waals surface area contributed by atoms with Gasteiger partial charge in [-0.05, 0) is 170 Å². The highest BCUT2D eigenvalue weighted by molar-refractivity contribution is 5.85. The van der Waals surface area contributed by atoms with E-state index >= 15 is 0 Å². The number of unbranched alkanes of at least 4 members (excludes halogenated alkanes) is 3. The number of nitrogens with zero attached hydrogens (tertiary/aromatic N) is 5. The largest absolute Gasteiger partial charge is 0.465 e. The second-order valence-electron chi connectivity index (χ2n) is 26.3. The average Bonchev–Trinajstić information content (AvgIpc) is 1.66. The molecule has 0 bridgehead atoms. The molecule has 0 fully saturated rings. The highest BCUT2D eigenvalue weighted by atomic mass is 35.5. The molecule has 2 amide bonds. The van der Waals surface area contributed by atoms with Gasteiger partial charge in [0.15, 0.2) is 0 Å². The molecule has 16 heteroatoms. The smallest absolute Gasteiger partial charge is 0.308 e. The molecule has 0 aliphatic heterocycles. The summed E-state index contributed by atoms with van der Waals surface area (Å²) in [7, 11) is 4.08. The van der Waals surface area contributed by atoms with Crippen LogP contribution in [0.25, 0.3) is 0 Å². The van der Waals surface area contributed by atoms with E-state index in [1.807, 2.05) is 133 Å². The number of hydrogen-bond acceptors (Lipinski definition) is 12. The summed E-state index contributed by atoms with van der Waals surface area (Å²) in [4.78, 5) is 69.2. The molecule has 3 N–H and O–H groups in total. The van der Waals surface area contributed by atoms with Crippen LogP contribution in [0.15, 0.2) is 98.0 Å². The Kier molecular flexibility index (Phi) is 83.5. The number of halogens is 1. The minimum atomic E-state index is -0.206. The van der Waals surface area contributed by atoms with Crippen LogP contribution in [0.1, 0.15) is 329 Å². The molecule has 1 aromatic carbocycles. The second kappa shape index (κ2) is 77.5. The van der Waals surface area contributed by atoms with Crippen LogP contribution in [0.5, 0.6) is 0 Å². The molecule has 4 aromatic rings. The lowest BCUT2D eigenvalue weighted by atomic mass is 9.99. The van der Waals surface area contributed by atoms with Crippen LogP contribution in [0.3, 0.4) is 0 Å². The van der Waals surface area contributed by atoms with Crippen molar-refractivity contribution in [3.8, 4) is 0 Å². The number of carbonyl (C=O) groups is 5. The van der Waals surface area contributed by atoms with E-state index in [9.17, 15) is 24.0 Å². The van der Waals surface area contributed by atoms with Crippen LogP contribution in [0.2, 0.25) is 0 Å². The summed E-state index contributed by atoms with van der Waals surface area (Å²) in [6.45, 7) is 53.5. The van der Waals surface area contributed by atoms with Gasteiger partial charge in [0, 0.05) is 61.1 Å². The summed E-state index contributed by atoms with van der Waals surface area (Å²) in [5, 5.41) is 2.92. The van der Waals surface area contributed by atoms with Crippen molar-refractivity contribution in [1.82, 2.24) is 29.7 Å². The predicted octanol–water partition coefficient (Wildman–Crippen LogP) is 22.2. The molecule has 0 saturated carbocycles. The number of nitrogens with one attached hydrogen (secondary N) is 1. The number of esters is 3. The number of pyridine rings is 2. The maximum Gasteiger partial charge on any atom is 0.308 e. The Labute approximate surface area is 621 Å². The molecule has 100 heavy (non-hydrogen) atoms. The first kappa shape index (κ1) is 108. The van der Waals surface area contributed by atoms with Crippen LogP contribution in [-0.2, 0) is 38.2 Å². The van der Waals surface area contributed by atoms with Gasteiger partial charge in [-0.3, -0.25) is 33.9 Å². The number of primary amides is 1. The maximum atomic E-state index is 11.4. The van der Waals surface area contributed by atoms with Crippen LogP contribution in [0.4, 0.5) is 0 Å². The monoisotopic (exact) mass is 1430 g/mol. The van der Waals surface area contributed by atoms with Crippen LogP contribution < -0.4 is 11.1 Å². The first-order chi connectivity index (χ1) is 47.1. The van der Waals surface area contributed by atoms with Crippen molar-refractivity contribution in [3.05, 3.63) is 115 Å². The summed E-state index contributed by atoms with van der Waals surface area (Å²) < 4.78 is 17.4. The van der Waals surface area contributed by atoms with Crippen molar-refractivity contribution in [2.45, 2.75) is 312 Å². The molecule has 0 spiro atoms. The van der Waals surface area contributed by atoms with Gasteiger partial charge in [0.2, 0.25) is 11.8 Å². The number of rotatable bonds is 34. The van der Waals surface area contributed by atoms with Gasteiger partial charge in [-0.2, -0.15) is 0 Å². The average molecular weight is 1430 g/mol. The number of benzene rings is 1. The van der Waals surface area contributed by atoms with Gasteiger partial charge in [-0.25, -0.2) is 4.98 Å². The minimum absolute atomic E-state index is 0. The molecule has 4 rings (SSSR count). The summed E-state index contributed by atoms with van der Waals surface area (Å²) in [5.41, 5.74) is 8.94. The molecule has 3 aromatic heterocycles. The van der Waals surface area contributed by atoms with E-state index in [0.29, 0.717) is 49.5 Å². The quantitative estimate of drug-likeness (QED) is 0.0255. The molecule has 582 valence electrons. The van der Waals surface area contributed by atoms with E-state index in [0.717, 1.165) is 96.6 Å². The number of hydrogen-bond donors (Lipinski definition) is 2. The van der Waals surface area contributed by atoms with Gasteiger partial charge in [-0.1, -0.05) is 234 Å². The number of amides is 2. The van der Waals surface area contributed by atoms with E-state index in [2.05, 4.69) is 175 Å². The van der Waals surface area contributed by atoms with E-state index in [1.165, 1.54) is 55.3 Å². The third kappa shape index (κ3) is 66.9. The molecular formula is C84H156ClN7O8. The highest BCUT2D eigenvalue weighted by Gasteiger charge is 2.16. The van der Waals surface area contributed by atoms with E-state index < -0.39 is 0 Å². The molecule has 15 nitrogen and oxygen atoms in total. The van der Waals surface area contributed by atoms with E-state index in [1.54, 1.807) is 0 Å². The fourth-order valence-electron chi connectivity index (χ4n) is 7.39. The maximum absolute atomic E-state index is 11.4. The SMILES string of the molecule is CCC.CCC(C)C(=O)NCCCN(C)C.CCC(C)C(N)=O.CCC(C)c1ccccc1.CCC(C)c1ccccn1.CCC(C)c1ccncc1.CCC(C)n1ccnc1.CCCCC(CC)COC(=O)C(C)CC.CCCCOC(=O)C(C)CC.CCCCOC(=O)C(C)CC.Cl. The summed E-state index contributed by atoms with van der Waals surface area (Å²) in [5.74, 6) is 2.73. The molecule has 0 aliphatic carbocycles. The lowest BCUT2D eigenvalue weighted by Crippen LogP contribution is -2.31. The summed E-state index contributed by atoms with van der Waals surface area (Å²) in [6.07, 6.45) is 31.4. The van der Waals surface area contributed by atoms with Crippen LogP contribution >= 0.6 is 12.4 Å².